The molecule has 0 radical (unpaired) electrons. The molecule has 0 spiro atoms. The van der Waals surface area contributed by atoms with Crippen LogP contribution in [-0.2, 0) is 36.7 Å². The predicted molar refractivity (Wildman–Crippen MR) is 216 cm³/mol. The average molecular weight is 764 g/mol. The Morgan fingerprint density at radius 3 is 2.33 bits per heavy atom. The van der Waals surface area contributed by atoms with Crippen LogP contribution in [0.25, 0.3) is 0 Å². The van der Waals surface area contributed by atoms with E-state index in [1.54, 1.807) is 13.3 Å². The van der Waals surface area contributed by atoms with E-state index in [1.165, 1.54) is 6.42 Å². The fourth-order valence-corrected chi connectivity index (χ4v) is 8.11. The lowest BCUT2D eigenvalue weighted by molar-refractivity contribution is -0.139. The number of piperidine rings is 1. The van der Waals surface area contributed by atoms with Gasteiger partial charge in [0, 0.05) is 51.0 Å². The van der Waals surface area contributed by atoms with Gasteiger partial charge >= 0.3 is 0 Å². The van der Waals surface area contributed by atoms with Crippen LogP contribution in [0.1, 0.15) is 109 Å². The fourth-order valence-electron chi connectivity index (χ4n) is 8.11. The number of carbonyl (C=O) groups excluding carboxylic acids is 3. The van der Waals surface area contributed by atoms with Crippen molar-refractivity contribution in [2.75, 3.05) is 33.5 Å². The molecule has 5 atom stereocenters. The van der Waals surface area contributed by atoms with E-state index in [0.717, 1.165) is 62.6 Å². The molecule has 2 fully saturated rings. The first kappa shape index (κ1) is 44.3. The zero-order valence-corrected chi connectivity index (χ0v) is 33.9. The lowest BCUT2D eigenvalue weighted by Gasteiger charge is -2.36. The molecule has 11 heteroatoms. The van der Waals surface area contributed by atoms with Crippen molar-refractivity contribution in [3.05, 3.63) is 66.0 Å². The van der Waals surface area contributed by atoms with E-state index in [0.29, 0.717) is 51.2 Å². The first-order valence-corrected chi connectivity index (χ1v) is 21.0. The molecule has 11 nitrogen and oxygen atoms in total. The van der Waals surface area contributed by atoms with E-state index in [2.05, 4.69) is 27.9 Å². The summed E-state index contributed by atoms with van der Waals surface area (Å²) in [5, 5.41) is 21.8. The number of aromatic nitrogens is 1. The Hall–Kier alpha value is -3.38. The van der Waals surface area contributed by atoms with Crippen LogP contribution in [0.4, 0.5) is 0 Å². The van der Waals surface area contributed by atoms with Crippen molar-refractivity contribution >= 4 is 17.7 Å². The van der Waals surface area contributed by atoms with Gasteiger partial charge in [-0.15, -0.1) is 0 Å². The maximum Gasteiger partial charge on any atom is 0.240 e. The predicted octanol–water partition coefficient (Wildman–Crippen LogP) is 5.59. The van der Waals surface area contributed by atoms with E-state index >= 15 is 0 Å². The number of aliphatic hydroxyl groups is 1. The summed E-state index contributed by atoms with van der Waals surface area (Å²) in [6.45, 7) is 7.97. The molecule has 1 aromatic heterocycles. The van der Waals surface area contributed by atoms with Crippen LogP contribution in [-0.4, -0.2) is 96.6 Å². The van der Waals surface area contributed by atoms with Gasteiger partial charge in [-0.3, -0.25) is 24.7 Å². The van der Waals surface area contributed by atoms with Crippen LogP contribution < -0.4 is 16.0 Å². The quantitative estimate of drug-likeness (QED) is 0.107. The van der Waals surface area contributed by atoms with Gasteiger partial charge in [-0.25, -0.2) is 0 Å². The van der Waals surface area contributed by atoms with E-state index in [1.807, 2.05) is 67.3 Å². The molecule has 55 heavy (non-hydrogen) atoms. The van der Waals surface area contributed by atoms with Gasteiger partial charge in [-0.05, 0) is 68.1 Å². The number of hydrogen-bond acceptors (Lipinski definition) is 8. The van der Waals surface area contributed by atoms with Crippen LogP contribution in [0.3, 0.4) is 0 Å². The Morgan fingerprint density at radius 2 is 1.67 bits per heavy atom. The van der Waals surface area contributed by atoms with E-state index in [4.69, 9.17) is 9.47 Å². The third kappa shape index (κ3) is 15.2. The molecule has 4 rings (SSSR count). The maximum absolute atomic E-state index is 14.4. The van der Waals surface area contributed by atoms with Crippen LogP contribution in [0.5, 0.6) is 0 Å². The summed E-state index contributed by atoms with van der Waals surface area (Å²) in [7, 11) is 1.61. The standard InChI is InChI=1S/C44H69N5O6/c1-5-6-20-38(47-40(29-34-17-11-8-12-18-34)44(53)49-26-22-36(23-27-49)55-31-54-4)43(52)48-39(28-33-15-9-7-10-16-33)41(50)30-37(32(2)3)42(51)46-25-21-35-19-13-14-24-45-35/h8,11-14,17-19,24,32-33,36-41,47,50H,5-7,9-10,15-16,20-23,25-31H2,1-4H3,(H,46,51)(H,48,52)/t37-,38-,39?,40-,41-/m0/s1. The summed E-state index contributed by atoms with van der Waals surface area (Å²) in [5.41, 5.74) is 1.93. The number of carbonyl (C=O) groups is 3. The number of methoxy groups -OCH3 is 1. The largest absolute Gasteiger partial charge is 0.391 e. The third-order valence-electron chi connectivity index (χ3n) is 11.5. The average Bonchev–Trinajstić information content (AvgIpc) is 3.20. The smallest absolute Gasteiger partial charge is 0.240 e. The summed E-state index contributed by atoms with van der Waals surface area (Å²) in [6, 6.07) is 13.9. The SMILES string of the molecule is CCCC[C@H](N[C@@H](Cc1ccccc1)C(=O)N1CCC(OCOC)CC1)C(=O)NC(CC1CCCCC1)[C@@H](O)C[C@H](C(=O)NCCc1ccccn1)C(C)C. The van der Waals surface area contributed by atoms with Gasteiger partial charge < -0.3 is 30.1 Å². The summed E-state index contributed by atoms with van der Waals surface area (Å²) in [5.74, 6) is -0.343. The summed E-state index contributed by atoms with van der Waals surface area (Å²) >= 11 is 0. The Labute approximate surface area is 330 Å². The van der Waals surface area contributed by atoms with Crippen molar-refractivity contribution in [3.8, 4) is 0 Å². The van der Waals surface area contributed by atoms with Gasteiger partial charge in [0.25, 0.3) is 0 Å². The van der Waals surface area contributed by atoms with E-state index in [9.17, 15) is 19.5 Å². The van der Waals surface area contributed by atoms with E-state index < -0.39 is 30.1 Å². The number of nitrogens with zero attached hydrogens (tertiary/aromatic N) is 2. The number of likely N-dealkylation sites (tertiary alicyclic amines) is 1. The second-order valence-electron chi connectivity index (χ2n) is 16.1. The number of ether oxygens (including phenoxy) is 2. The molecule has 4 N–H and O–H groups in total. The molecular formula is C44H69N5O6. The van der Waals surface area contributed by atoms with Crippen LogP contribution in [0.2, 0.25) is 0 Å². The molecule has 1 aliphatic heterocycles. The van der Waals surface area contributed by atoms with Crippen LogP contribution >= 0.6 is 0 Å². The highest BCUT2D eigenvalue weighted by atomic mass is 16.7. The number of hydrogen-bond donors (Lipinski definition) is 4. The van der Waals surface area contributed by atoms with Gasteiger partial charge in [0.2, 0.25) is 17.7 Å². The first-order valence-electron chi connectivity index (χ1n) is 21.0. The number of pyridine rings is 1. The molecule has 306 valence electrons. The summed E-state index contributed by atoms with van der Waals surface area (Å²) < 4.78 is 10.9. The molecule has 2 aliphatic rings. The van der Waals surface area contributed by atoms with Gasteiger partial charge in [0.1, 0.15) is 6.79 Å². The minimum Gasteiger partial charge on any atom is -0.391 e. The monoisotopic (exact) mass is 764 g/mol. The minimum atomic E-state index is -0.907. The van der Waals surface area contributed by atoms with E-state index in [-0.39, 0.29) is 43.0 Å². The lowest BCUT2D eigenvalue weighted by atomic mass is 9.81. The number of amides is 3. The van der Waals surface area contributed by atoms with Crippen LogP contribution in [0.15, 0.2) is 54.7 Å². The minimum absolute atomic E-state index is 0.00383. The van der Waals surface area contributed by atoms with Crippen molar-refractivity contribution in [3.63, 3.8) is 0 Å². The normalized spacial score (nSPS) is 18.3. The highest BCUT2D eigenvalue weighted by Crippen LogP contribution is 2.30. The van der Waals surface area contributed by atoms with Crippen molar-refractivity contribution < 1.29 is 29.0 Å². The summed E-state index contributed by atoms with van der Waals surface area (Å²) in [4.78, 5) is 48.4. The number of benzene rings is 1. The Kier molecular flexibility index (Phi) is 19.6. The number of rotatable bonds is 23. The molecule has 0 bridgehead atoms. The molecule has 3 amide bonds. The van der Waals surface area contributed by atoms with Crippen molar-refractivity contribution in [2.45, 2.75) is 141 Å². The molecule has 2 aromatic rings. The molecule has 2 heterocycles. The Bertz CT molecular complexity index is 1380. The van der Waals surface area contributed by atoms with Crippen molar-refractivity contribution in [2.24, 2.45) is 17.8 Å². The zero-order valence-electron chi connectivity index (χ0n) is 33.9. The highest BCUT2D eigenvalue weighted by molar-refractivity contribution is 5.86. The molecular weight excluding hydrogens is 695 g/mol. The number of aliphatic hydroxyl groups excluding tert-OH is 1. The van der Waals surface area contributed by atoms with Crippen molar-refractivity contribution in [1.29, 1.82) is 0 Å². The van der Waals surface area contributed by atoms with Gasteiger partial charge in [0.15, 0.2) is 0 Å². The van der Waals surface area contributed by atoms with Crippen LogP contribution in [0, 0.1) is 17.8 Å². The highest BCUT2D eigenvalue weighted by Gasteiger charge is 2.35. The Balaban J connectivity index is 1.49. The lowest BCUT2D eigenvalue weighted by Crippen LogP contribution is -2.58. The second kappa shape index (κ2) is 24.3. The molecule has 1 aromatic carbocycles. The third-order valence-corrected chi connectivity index (χ3v) is 11.5. The fraction of sp³-hybridized carbons (Fsp3) is 0.682. The van der Waals surface area contributed by atoms with Gasteiger partial charge in [-0.2, -0.15) is 0 Å². The second-order valence-corrected chi connectivity index (χ2v) is 16.1. The topological polar surface area (TPSA) is 142 Å². The summed E-state index contributed by atoms with van der Waals surface area (Å²) in [6.07, 6.45) is 12.2. The molecule has 1 unspecified atom stereocenters. The maximum atomic E-state index is 14.4. The number of nitrogens with one attached hydrogen (secondary N) is 3. The number of unbranched alkanes of at least 4 members (excludes halogenated alkanes) is 1. The van der Waals surface area contributed by atoms with Crippen molar-refractivity contribution in [1.82, 2.24) is 25.8 Å². The zero-order chi connectivity index (χ0) is 39.4. The molecule has 1 saturated heterocycles. The van der Waals surface area contributed by atoms with Gasteiger partial charge in [0.05, 0.1) is 30.3 Å². The van der Waals surface area contributed by atoms with Gasteiger partial charge in [-0.1, -0.05) is 102 Å². The molecule has 1 saturated carbocycles. The first-order chi connectivity index (χ1) is 26.7. The Morgan fingerprint density at radius 1 is 0.945 bits per heavy atom. The molecule has 1 aliphatic carbocycles.